The van der Waals surface area contributed by atoms with Crippen molar-refractivity contribution in [3.8, 4) is 11.5 Å². The third kappa shape index (κ3) is 8.31. The molecule has 0 aromatic heterocycles. The van der Waals surface area contributed by atoms with Crippen LogP contribution in [0.15, 0.2) is 108 Å². The average molecular weight is 833 g/mol. The van der Waals surface area contributed by atoms with Gasteiger partial charge in [0.15, 0.2) is 11.5 Å². The van der Waals surface area contributed by atoms with Crippen LogP contribution in [0.1, 0.15) is 27.8 Å². The Morgan fingerprint density at radius 3 is 1.65 bits per heavy atom. The summed E-state index contributed by atoms with van der Waals surface area (Å²) in [6.07, 6.45) is 2.99. The minimum absolute atomic E-state index is 0.0418. The molecule has 0 bridgehead atoms. The zero-order valence-corrected chi connectivity index (χ0v) is 32.4. The van der Waals surface area contributed by atoms with Crippen LogP contribution in [-0.2, 0) is 30.4 Å². The Morgan fingerprint density at radius 2 is 1.05 bits per heavy atom. The molecule has 0 fully saturated rings. The molecule has 20 heteroatoms. The minimum Gasteiger partial charge on any atom is -0.505 e. The average Bonchev–Trinajstić information content (AvgIpc) is 3.09. The number of aromatic hydroxyl groups is 2. The molecular weight excluding hydrogens is 801 g/mol. The van der Waals surface area contributed by atoms with Gasteiger partial charge in [0.05, 0.1) is 16.3 Å². The Morgan fingerprint density at radius 1 is 0.526 bits per heavy atom. The van der Waals surface area contributed by atoms with Gasteiger partial charge in [0.1, 0.15) is 21.2 Å². The van der Waals surface area contributed by atoms with Crippen molar-refractivity contribution in [2.24, 2.45) is 20.5 Å². The predicted octanol–water partition coefficient (Wildman–Crippen LogP) is 8.24. The van der Waals surface area contributed by atoms with E-state index in [1.165, 1.54) is 36.4 Å². The standard InChI is InChI=1S/C37H32N6O11S3/c1-18-10-23-15-31(57(52,53)54)35(37(45)32(23)28(38)11-18)43-41-26-9-7-22(30(16-26)56(49,50)51)5-4-21-6-8-25(13-19(21)2)40-42-34-20(3)12-24-14-27(55(46,47)48)17-29(39)33(24)36(34)44/h4-17,44-45H,38-39H2,1-3H3,(H,46,47,48)(H,49,50,51)(H,52,53,54)/b5-4+,42-40?,43-41?. The molecule has 0 atom stereocenters. The number of hydrogen-bond donors (Lipinski definition) is 7. The first-order valence-electron chi connectivity index (χ1n) is 16.3. The predicted molar refractivity (Wildman–Crippen MR) is 214 cm³/mol. The van der Waals surface area contributed by atoms with E-state index in [0.717, 1.165) is 18.2 Å². The highest BCUT2D eigenvalue weighted by molar-refractivity contribution is 7.86. The van der Waals surface area contributed by atoms with E-state index >= 15 is 0 Å². The quantitative estimate of drug-likeness (QED) is 0.0313. The summed E-state index contributed by atoms with van der Waals surface area (Å²) in [4.78, 5) is -1.78. The van der Waals surface area contributed by atoms with E-state index < -0.39 is 56.5 Å². The second-order valence-corrected chi connectivity index (χ2v) is 17.1. The summed E-state index contributed by atoms with van der Waals surface area (Å²) in [6, 6.07) is 16.4. The number of nitrogen functional groups attached to an aromatic ring is 2. The number of benzene rings is 6. The summed E-state index contributed by atoms with van der Waals surface area (Å²) in [5, 5.41) is 38.7. The van der Waals surface area contributed by atoms with Crippen molar-refractivity contribution in [1.29, 1.82) is 0 Å². The maximum atomic E-state index is 12.4. The van der Waals surface area contributed by atoms with Crippen LogP contribution in [0.2, 0.25) is 0 Å². The highest BCUT2D eigenvalue weighted by atomic mass is 32.2. The van der Waals surface area contributed by atoms with E-state index in [4.69, 9.17) is 11.5 Å². The van der Waals surface area contributed by atoms with E-state index in [0.29, 0.717) is 27.9 Å². The number of nitrogens with zero attached hydrogens (tertiary/aromatic N) is 4. The van der Waals surface area contributed by atoms with E-state index in [1.54, 1.807) is 51.1 Å². The molecule has 0 aliphatic rings. The first-order valence-corrected chi connectivity index (χ1v) is 20.7. The molecule has 9 N–H and O–H groups in total. The number of anilines is 2. The second-order valence-electron chi connectivity index (χ2n) is 12.9. The summed E-state index contributed by atoms with van der Waals surface area (Å²) in [7, 11) is -14.3. The lowest BCUT2D eigenvalue weighted by Crippen LogP contribution is -2.01. The van der Waals surface area contributed by atoms with Gasteiger partial charge >= 0.3 is 0 Å². The largest absolute Gasteiger partial charge is 0.505 e. The Labute approximate surface area is 325 Å². The van der Waals surface area contributed by atoms with Crippen LogP contribution in [0.5, 0.6) is 11.5 Å². The van der Waals surface area contributed by atoms with Crippen LogP contribution in [-0.4, -0.2) is 49.1 Å². The fourth-order valence-electron chi connectivity index (χ4n) is 6.15. The molecule has 0 spiro atoms. The van der Waals surface area contributed by atoms with Gasteiger partial charge in [0.25, 0.3) is 30.4 Å². The molecule has 294 valence electrons. The maximum absolute atomic E-state index is 12.4. The van der Waals surface area contributed by atoms with Gasteiger partial charge in [-0.2, -0.15) is 35.5 Å². The third-order valence-corrected chi connectivity index (χ3v) is 11.4. The van der Waals surface area contributed by atoms with Crippen molar-refractivity contribution in [2.75, 3.05) is 11.5 Å². The van der Waals surface area contributed by atoms with Crippen molar-refractivity contribution in [3.63, 3.8) is 0 Å². The molecular formula is C37H32N6O11S3. The molecule has 0 unspecified atom stereocenters. The Hall–Kier alpha value is -6.29. The van der Waals surface area contributed by atoms with Gasteiger partial charge in [-0.25, -0.2) is 0 Å². The van der Waals surface area contributed by atoms with Crippen molar-refractivity contribution in [1.82, 2.24) is 0 Å². The molecule has 17 nitrogen and oxygen atoms in total. The fourth-order valence-corrected chi connectivity index (χ4v) is 8.06. The van der Waals surface area contributed by atoms with Gasteiger partial charge in [0, 0.05) is 22.1 Å². The monoisotopic (exact) mass is 832 g/mol. The molecule has 6 rings (SSSR count). The summed E-state index contributed by atoms with van der Waals surface area (Å²) in [5.41, 5.74) is 14.1. The van der Waals surface area contributed by atoms with Crippen molar-refractivity contribution in [2.45, 2.75) is 35.5 Å². The Kier molecular flexibility index (Phi) is 10.4. The van der Waals surface area contributed by atoms with E-state index in [9.17, 15) is 49.1 Å². The molecule has 0 heterocycles. The molecule has 0 aliphatic heterocycles. The number of fused-ring (bicyclic) bond motifs is 2. The summed E-state index contributed by atoms with van der Waals surface area (Å²) < 4.78 is 102. The van der Waals surface area contributed by atoms with Gasteiger partial charge in [0.2, 0.25) is 0 Å². The minimum atomic E-state index is -4.94. The zero-order valence-electron chi connectivity index (χ0n) is 29.9. The SMILES string of the molecule is Cc1cc(N)c2c(O)c(N=Nc3ccc(/C=C/c4ccc(N=Nc5c(C)cc6cc(S(=O)(=O)O)cc(N)c6c5O)cc4C)c(S(=O)(=O)O)c3)c(S(=O)(=O)O)cc2c1. The van der Waals surface area contributed by atoms with Crippen molar-refractivity contribution in [3.05, 3.63) is 101 Å². The molecule has 0 amide bonds. The molecule has 6 aromatic carbocycles. The normalized spacial score (nSPS) is 12.9. The van der Waals surface area contributed by atoms with Gasteiger partial charge in [-0.05, 0) is 114 Å². The fraction of sp³-hybridized carbons (Fsp3) is 0.0811. The van der Waals surface area contributed by atoms with Crippen LogP contribution in [0, 0.1) is 20.8 Å². The number of phenolic OH excluding ortho intramolecular Hbond substituents is 2. The number of aryl methyl sites for hydroxylation is 3. The lowest BCUT2D eigenvalue weighted by atomic mass is 10.0. The first kappa shape index (κ1) is 40.4. The molecule has 0 radical (unpaired) electrons. The van der Waals surface area contributed by atoms with Crippen LogP contribution in [0.3, 0.4) is 0 Å². The maximum Gasteiger partial charge on any atom is 0.296 e. The third-order valence-electron chi connectivity index (χ3n) is 8.78. The lowest BCUT2D eigenvalue weighted by Gasteiger charge is -2.11. The molecule has 0 aliphatic carbocycles. The summed E-state index contributed by atoms with van der Waals surface area (Å²) in [6.45, 7) is 5.06. The number of azo groups is 2. The topological polar surface area (TPSA) is 305 Å². The lowest BCUT2D eigenvalue weighted by molar-refractivity contribution is 0.472. The second kappa shape index (κ2) is 14.7. The van der Waals surface area contributed by atoms with Crippen LogP contribution in [0.25, 0.3) is 33.7 Å². The van der Waals surface area contributed by atoms with Gasteiger partial charge in [-0.3, -0.25) is 13.7 Å². The molecule has 57 heavy (non-hydrogen) atoms. The number of nitrogens with two attached hydrogens (primary N) is 2. The van der Waals surface area contributed by atoms with Gasteiger partial charge < -0.3 is 21.7 Å². The molecule has 0 saturated carbocycles. The summed E-state index contributed by atoms with van der Waals surface area (Å²) >= 11 is 0. The van der Waals surface area contributed by atoms with E-state index in [1.807, 2.05) is 0 Å². The first-order chi connectivity index (χ1) is 26.5. The van der Waals surface area contributed by atoms with Gasteiger partial charge in [-0.15, -0.1) is 10.2 Å². The number of rotatable bonds is 9. The van der Waals surface area contributed by atoms with Crippen molar-refractivity contribution < 1.29 is 49.1 Å². The zero-order chi connectivity index (χ0) is 41.8. The molecule has 6 aromatic rings. The summed E-state index contributed by atoms with van der Waals surface area (Å²) in [5.74, 6) is -1.04. The number of hydrogen-bond acceptors (Lipinski definition) is 14. The van der Waals surface area contributed by atoms with Gasteiger partial charge in [-0.1, -0.05) is 30.4 Å². The van der Waals surface area contributed by atoms with E-state index in [2.05, 4.69) is 20.5 Å². The van der Waals surface area contributed by atoms with Crippen molar-refractivity contribution >= 4 is 98.2 Å². The van der Waals surface area contributed by atoms with Crippen LogP contribution >= 0.6 is 0 Å². The molecule has 0 saturated heterocycles. The smallest absolute Gasteiger partial charge is 0.296 e. The highest BCUT2D eigenvalue weighted by Crippen LogP contribution is 2.45. The Bertz CT molecular complexity index is 3130. The van der Waals surface area contributed by atoms with Crippen LogP contribution < -0.4 is 11.5 Å². The highest BCUT2D eigenvalue weighted by Gasteiger charge is 2.24. The number of phenols is 2. The van der Waals surface area contributed by atoms with E-state index in [-0.39, 0.29) is 55.6 Å². The Balaban J connectivity index is 1.29. The van der Waals surface area contributed by atoms with Crippen LogP contribution in [0.4, 0.5) is 34.1 Å².